The van der Waals surface area contributed by atoms with Crippen molar-refractivity contribution in [1.29, 1.82) is 0 Å². The number of benzene rings is 6. The third-order valence-electron chi connectivity index (χ3n) is 10.8. The molecule has 2 nitrogen and oxygen atoms in total. The van der Waals surface area contributed by atoms with Gasteiger partial charge in [0.25, 0.3) is 0 Å². The second-order valence-corrected chi connectivity index (χ2v) is 14.0. The number of fused-ring (bicyclic) bond motifs is 9. The average molecular weight is 665 g/mol. The van der Waals surface area contributed by atoms with Gasteiger partial charge in [0, 0.05) is 50.6 Å². The number of rotatable bonds is 4. The van der Waals surface area contributed by atoms with E-state index in [-0.39, 0.29) is 12.0 Å². The van der Waals surface area contributed by atoms with E-state index in [4.69, 9.17) is 0 Å². The Bertz CT molecular complexity index is 2680. The van der Waals surface area contributed by atoms with E-state index < -0.39 is 0 Å². The molecule has 0 amide bonds. The lowest BCUT2D eigenvalue weighted by atomic mass is 9.82. The molecule has 1 aliphatic heterocycles. The Kier molecular flexibility index (Phi) is 7.16. The quantitative estimate of drug-likeness (QED) is 0.185. The number of aromatic nitrogens is 1. The molecule has 52 heavy (non-hydrogen) atoms. The number of hydrogen-bond donors (Lipinski definition) is 1. The Hall–Kier alpha value is -6.60. The normalized spacial score (nSPS) is 17.0. The molecule has 7 aromatic rings. The first kappa shape index (κ1) is 30.2. The number of nitrogens with one attached hydrogen (secondary N) is 1. The van der Waals surface area contributed by atoms with Gasteiger partial charge in [-0.25, -0.2) is 0 Å². The third kappa shape index (κ3) is 4.96. The Morgan fingerprint density at radius 1 is 0.635 bits per heavy atom. The minimum Gasteiger partial charge on any atom is -0.377 e. The van der Waals surface area contributed by atoms with Crippen LogP contribution in [-0.2, 0) is 0 Å². The van der Waals surface area contributed by atoms with Crippen LogP contribution in [0.1, 0.15) is 45.5 Å². The lowest BCUT2D eigenvalue weighted by molar-refractivity contribution is 0.665. The molecule has 0 saturated heterocycles. The monoisotopic (exact) mass is 664 g/mol. The number of nitrogens with zero attached hydrogens (tertiary/aromatic N) is 1. The fourth-order valence-corrected chi connectivity index (χ4v) is 8.45. The van der Waals surface area contributed by atoms with Gasteiger partial charge in [0.1, 0.15) is 0 Å². The Morgan fingerprint density at radius 2 is 1.31 bits per heavy atom. The number of anilines is 1. The summed E-state index contributed by atoms with van der Waals surface area (Å²) in [7, 11) is 0. The first-order valence-corrected chi connectivity index (χ1v) is 18.1. The lowest BCUT2D eigenvalue weighted by Crippen LogP contribution is -2.22. The summed E-state index contributed by atoms with van der Waals surface area (Å²) in [4.78, 5) is 0. The fraction of sp³-hybridized carbons (Fsp3) is 0.0600. The van der Waals surface area contributed by atoms with Gasteiger partial charge in [0.2, 0.25) is 0 Å². The van der Waals surface area contributed by atoms with Crippen molar-refractivity contribution in [3.8, 4) is 22.3 Å². The number of para-hydroxylation sites is 1. The summed E-state index contributed by atoms with van der Waals surface area (Å²) < 4.78 is 2.60. The van der Waals surface area contributed by atoms with Crippen molar-refractivity contribution in [1.82, 2.24) is 4.57 Å². The minimum atomic E-state index is 0.0409. The lowest BCUT2D eigenvalue weighted by Gasteiger charge is -2.31. The molecule has 10 rings (SSSR count). The van der Waals surface area contributed by atoms with E-state index in [1.807, 2.05) is 0 Å². The third-order valence-corrected chi connectivity index (χ3v) is 10.8. The molecule has 2 heteroatoms. The molecule has 2 aliphatic carbocycles. The van der Waals surface area contributed by atoms with E-state index >= 15 is 0 Å². The van der Waals surface area contributed by atoms with Crippen LogP contribution in [0.5, 0.6) is 0 Å². The predicted octanol–water partition coefficient (Wildman–Crippen LogP) is 12.7. The molecule has 0 spiro atoms. The molecule has 2 heterocycles. The number of hydrogen-bond acceptors (Lipinski definition) is 1. The maximum Gasteiger partial charge on any atom is 0.0638 e. The summed E-state index contributed by atoms with van der Waals surface area (Å²) in [5, 5.41) is 5.32. The van der Waals surface area contributed by atoms with Crippen LogP contribution in [0.2, 0.25) is 0 Å². The van der Waals surface area contributed by atoms with Gasteiger partial charge in [-0.15, -0.1) is 5.73 Å². The van der Waals surface area contributed by atoms with Crippen LogP contribution < -0.4 is 5.32 Å². The van der Waals surface area contributed by atoms with Crippen LogP contribution in [0, 0.1) is 6.92 Å². The summed E-state index contributed by atoms with van der Waals surface area (Å²) in [5.41, 5.74) is 21.7. The molecule has 246 valence electrons. The molecular formula is C50H36N2. The van der Waals surface area contributed by atoms with Crippen LogP contribution in [0.15, 0.2) is 182 Å². The standard InChI is InChI=1S/C50H36N2/c1-33-29-44(36-19-9-4-10-20-36)49-45(30-33)47-42-23-13-14-24-46(42)51-48-41-22-12-11-21-37(41)27-28-43(48)50(47)52(49)40-31-38(34-15-5-2-6-16-34)25-26-39(32-40)35-17-7-3-8-18-35/h2-25,27-32,43,48,51H,1H3. The molecule has 6 aromatic carbocycles. The summed E-state index contributed by atoms with van der Waals surface area (Å²) in [6, 6.07) is 54.8. The molecule has 3 aliphatic rings. The van der Waals surface area contributed by atoms with Crippen LogP contribution in [0.25, 0.3) is 56.1 Å². The minimum absolute atomic E-state index is 0.0409. The highest BCUT2D eigenvalue weighted by atomic mass is 15.0. The number of allylic oxidation sites excluding steroid dienone is 5. The Labute approximate surface area is 304 Å². The van der Waals surface area contributed by atoms with Crippen molar-refractivity contribution in [2.75, 3.05) is 5.32 Å². The van der Waals surface area contributed by atoms with E-state index in [0.717, 1.165) is 33.7 Å². The summed E-state index contributed by atoms with van der Waals surface area (Å²) in [5.74, 6) is 0.0449. The molecule has 0 saturated carbocycles. The van der Waals surface area contributed by atoms with Crippen molar-refractivity contribution in [3.05, 3.63) is 215 Å². The maximum absolute atomic E-state index is 4.06. The van der Waals surface area contributed by atoms with Crippen molar-refractivity contribution < 1.29 is 0 Å². The zero-order chi connectivity index (χ0) is 34.6. The SMILES string of the molecule is Cc1cc(-c2ccccc2)c2c(c1)c1c(n2C2=CC(c3ccccc3)=C=CC(c3ccccc3)=C2)C2C=Cc3ccccc3C2Nc2ccccc2-1. The highest BCUT2D eigenvalue weighted by Crippen LogP contribution is 2.54. The molecular weight excluding hydrogens is 629 g/mol. The molecule has 2 unspecified atom stereocenters. The zero-order valence-electron chi connectivity index (χ0n) is 28.9. The molecule has 1 aromatic heterocycles. The average Bonchev–Trinajstić information content (AvgIpc) is 3.30. The molecule has 0 radical (unpaired) electrons. The summed E-state index contributed by atoms with van der Waals surface area (Å²) in [6.07, 6.45) is 11.6. The van der Waals surface area contributed by atoms with E-state index in [9.17, 15) is 0 Å². The molecule has 1 N–H and O–H groups in total. The second-order valence-electron chi connectivity index (χ2n) is 14.0. The van der Waals surface area contributed by atoms with E-state index in [2.05, 4.69) is 205 Å². The first-order valence-electron chi connectivity index (χ1n) is 18.1. The first-order chi connectivity index (χ1) is 25.7. The molecule has 0 bridgehead atoms. The van der Waals surface area contributed by atoms with Gasteiger partial charge in [0.05, 0.1) is 11.6 Å². The second kappa shape index (κ2) is 12.3. The van der Waals surface area contributed by atoms with Gasteiger partial charge >= 0.3 is 0 Å². The zero-order valence-corrected chi connectivity index (χ0v) is 28.9. The van der Waals surface area contributed by atoms with Gasteiger partial charge in [-0.3, -0.25) is 0 Å². The topological polar surface area (TPSA) is 17.0 Å². The highest BCUT2D eigenvalue weighted by Gasteiger charge is 2.38. The maximum atomic E-state index is 4.06. The number of aryl methyl sites for hydroxylation is 1. The van der Waals surface area contributed by atoms with Crippen LogP contribution in [0.4, 0.5) is 5.69 Å². The smallest absolute Gasteiger partial charge is 0.0638 e. The van der Waals surface area contributed by atoms with Crippen LogP contribution in [-0.4, -0.2) is 4.57 Å². The van der Waals surface area contributed by atoms with Crippen molar-refractivity contribution in [2.24, 2.45) is 0 Å². The molecule has 0 fully saturated rings. The van der Waals surface area contributed by atoms with E-state index in [1.54, 1.807) is 0 Å². The summed E-state index contributed by atoms with van der Waals surface area (Å²) >= 11 is 0. The van der Waals surface area contributed by atoms with Gasteiger partial charge in [-0.05, 0) is 82.3 Å². The Morgan fingerprint density at radius 3 is 2.10 bits per heavy atom. The summed E-state index contributed by atoms with van der Waals surface area (Å²) in [6.45, 7) is 2.23. The molecule has 2 atom stereocenters. The van der Waals surface area contributed by atoms with E-state index in [1.165, 1.54) is 55.5 Å². The largest absolute Gasteiger partial charge is 0.377 e. The fourth-order valence-electron chi connectivity index (χ4n) is 8.45. The van der Waals surface area contributed by atoms with Crippen molar-refractivity contribution in [3.63, 3.8) is 0 Å². The highest BCUT2D eigenvalue weighted by molar-refractivity contribution is 6.11. The Balaban J connectivity index is 1.38. The van der Waals surface area contributed by atoms with Gasteiger partial charge < -0.3 is 9.88 Å². The van der Waals surface area contributed by atoms with Crippen molar-refractivity contribution in [2.45, 2.75) is 18.9 Å². The van der Waals surface area contributed by atoms with Gasteiger partial charge in [0.15, 0.2) is 0 Å². The predicted molar refractivity (Wildman–Crippen MR) is 219 cm³/mol. The van der Waals surface area contributed by atoms with E-state index in [0.29, 0.717) is 0 Å². The van der Waals surface area contributed by atoms with Gasteiger partial charge in [-0.2, -0.15) is 0 Å². The van der Waals surface area contributed by atoms with Crippen molar-refractivity contribution >= 4 is 39.5 Å². The van der Waals surface area contributed by atoms with Crippen LogP contribution >= 0.6 is 0 Å². The van der Waals surface area contributed by atoms with Crippen LogP contribution in [0.3, 0.4) is 0 Å². The van der Waals surface area contributed by atoms with Gasteiger partial charge in [-0.1, -0.05) is 146 Å².